The third kappa shape index (κ3) is 4.04. The highest BCUT2D eigenvalue weighted by Crippen LogP contribution is 2.29. The number of hydrogen-bond donors (Lipinski definition) is 2. The van der Waals surface area contributed by atoms with Gasteiger partial charge in [0.25, 0.3) is 5.56 Å². The lowest BCUT2D eigenvalue weighted by Gasteiger charge is -2.29. The summed E-state index contributed by atoms with van der Waals surface area (Å²) in [7, 11) is 1.55. The van der Waals surface area contributed by atoms with E-state index in [1.165, 1.54) is 10.9 Å². The van der Waals surface area contributed by atoms with E-state index in [0.29, 0.717) is 22.2 Å². The van der Waals surface area contributed by atoms with Gasteiger partial charge in [-0.1, -0.05) is 24.3 Å². The lowest BCUT2D eigenvalue weighted by Crippen LogP contribution is -2.47. The van der Waals surface area contributed by atoms with E-state index in [4.69, 9.17) is 9.47 Å². The highest BCUT2D eigenvalue weighted by atomic mass is 16.5. The van der Waals surface area contributed by atoms with Crippen LogP contribution in [0.4, 0.5) is 4.79 Å². The van der Waals surface area contributed by atoms with Gasteiger partial charge in [0.1, 0.15) is 5.75 Å². The van der Waals surface area contributed by atoms with Gasteiger partial charge in [0, 0.05) is 0 Å². The molecule has 9 nitrogen and oxygen atoms in total. The molecule has 3 aromatic rings. The van der Waals surface area contributed by atoms with Crippen molar-refractivity contribution < 1.29 is 19.1 Å². The number of aromatic nitrogens is 2. The standard InChI is InChI=1S/C23H22N4O5/c1-3-32-22(29)19-18(12-27-13-24-17-7-5-4-6-16(17)21(27)28)25-23(30)26-20(19)14-8-10-15(31-2)11-9-14/h4-11,13,20H,3,12H2,1-2H3,(H2,25,26,30)/t20-/m0/s1. The molecule has 2 heterocycles. The van der Waals surface area contributed by atoms with Crippen LogP contribution >= 0.6 is 0 Å². The first-order valence-corrected chi connectivity index (χ1v) is 10.1. The number of urea groups is 1. The van der Waals surface area contributed by atoms with E-state index in [1.807, 2.05) is 0 Å². The molecule has 9 heteroatoms. The second kappa shape index (κ2) is 8.93. The zero-order valence-corrected chi connectivity index (χ0v) is 17.6. The zero-order chi connectivity index (χ0) is 22.7. The maximum Gasteiger partial charge on any atom is 0.338 e. The van der Waals surface area contributed by atoms with Crippen molar-refractivity contribution in [2.45, 2.75) is 19.5 Å². The Morgan fingerprint density at radius 3 is 2.59 bits per heavy atom. The number of ether oxygens (including phenoxy) is 2. The molecule has 0 bridgehead atoms. The van der Waals surface area contributed by atoms with Crippen LogP contribution in [0.25, 0.3) is 10.9 Å². The molecule has 2 aromatic carbocycles. The Bertz CT molecular complexity index is 1260. The van der Waals surface area contributed by atoms with Crippen LogP contribution in [0.1, 0.15) is 18.5 Å². The number of nitrogens with one attached hydrogen (secondary N) is 2. The summed E-state index contributed by atoms with van der Waals surface area (Å²) in [6.45, 7) is 1.81. The van der Waals surface area contributed by atoms with Gasteiger partial charge in [-0.2, -0.15) is 0 Å². The van der Waals surface area contributed by atoms with Crippen molar-refractivity contribution in [1.29, 1.82) is 0 Å². The number of carbonyl (C=O) groups is 2. The molecule has 4 rings (SSSR count). The number of carbonyl (C=O) groups excluding carboxylic acids is 2. The minimum atomic E-state index is -0.757. The van der Waals surface area contributed by atoms with E-state index >= 15 is 0 Å². The Kier molecular flexibility index (Phi) is 5.89. The number of allylic oxidation sites excluding steroid dienone is 1. The number of amides is 2. The van der Waals surface area contributed by atoms with Crippen LogP contribution in [0.5, 0.6) is 5.75 Å². The molecule has 1 aliphatic rings. The Hall–Kier alpha value is -4.14. The number of methoxy groups -OCH3 is 1. The van der Waals surface area contributed by atoms with Crippen molar-refractivity contribution in [3.8, 4) is 5.75 Å². The fraction of sp³-hybridized carbons (Fsp3) is 0.217. The molecule has 0 saturated heterocycles. The van der Waals surface area contributed by atoms with E-state index in [9.17, 15) is 14.4 Å². The molecule has 0 spiro atoms. The monoisotopic (exact) mass is 434 g/mol. The van der Waals surface area contributed by atoms with Gasteiger partial charge in [-0.3, -0.25) is 9.36 Å². The molecule has 32 heavy (non-hydrogen) atoms. The zero-order valence-electron chi connectivity index (χ0n) is 17.6. The molecule has 0 unspecified atom stereocenters. The van der Waals surface area contributed by atoms with Crippen molar-refractivity contribution in [1.82, 2.24) is 20.2 Å². The molecular formula is C23H22N4O5. The van der Waals surface area contributed by atoms with Crippen LogP contribution in [0.2, 0.25) is 0 Å². The Labute approximate surface area is 183 Å². The van der Waals surface area contributed by atoms with Gasteiger partial charge in [0.15, 0.2) is 0 Å². The average molecular weight is 434 g/mol. The minimum absolute atomic E-state index is 0.0507. The summed E-state index contributed by atoms with van der Waals surface area (Å²) in [6, 6.07) is 12.7. The third-order valence-electron chi connectivity index (χ3n) is 5.16. The Morgan fingerprint density at radius 1 is 1.12 bits per heavy atom. The lowest BCUT2D eigenvalue weighted by molar-refractivity contribution is -0.139. The summed E-state index contributed by atoms with van der Waals surface area (Å²) in [5.41, 5.74) is 1.45. The summed E-state index contributed by atoms with van der Waals surface area (Å²) in [6.07, 6.45) is 1.40. The van der Waals surface area contributed by atoms with Crippen molar-refractivity contribution in [2.24, 2.45) is 0 Å². The number of fused-ring (bicyclic) bond motifs is 1. The third-order valence-corrected chi connectivity index (χ3v) is 5.16. The van der Waals surface area contributed by atoms with Gasteiger partial charge in [-0.15, -0.1) is 0 Å². The molecule has 0 saturated carbocycles. The molecule has 0 aliphatic carbocycles. The molecule has 0 fully saturated rings. The van der Waals surface area contributed by atoms with Crippen molar-refractivity contribution >= 4 is 22.9 Å². The summed E-state index contributed by atoms with van der Waals surface area (Å²) in [5, 5.41) is 5.88. The molecule has 2 amide bonds. The summed E-state index contributed by atoms with van der Waals surface area (Å²) >= 11 is 0. The van der Waals surface area contributed by atoms with E-state index in [-0.39, 0.29) is 30.0 Å². The van der Waals surface area contributed by atoms with Crippen LogP contribution in [0.15, 0.2) is 70.9 Å². The number of rotatable bonds is 6. The maximum absolute atomic E-state index is 12.9. The molecule has 0 radical (unpaired) electrons. The first kappa shape index (κ1) is 21.1. The highest BCUT2D eigenvalue weighted by Gasteiger charge is 2.34. The van der Waals surface area contributed by atoms with Crippen LogP contribution in [0, 0.1) is 0 Å². The smallest absolute Gasteiger partial charge is 0.338 e. The molecule has 1 aliphatic heterocycles. The van der Waals surface area contributed by atoms with E-state index in [1.54, 1.807) is 62.6 Å². The quantitative estimate of drug-likeness (QED) is 0.576. The number of para-hydroxylation sites is 1. The van der Waals surface area contributed by atoms with E-state index in [0.717, 1.165) is 0 Å². The fourth-order valence-corrected chi connectivity index (χ4v) is 3.63. The van der Waals surface area contributed by atoms with Gasteiger partial charge < -0.3 is 20.1 Å². The van der Waals surface area contributed by atoms with Crippen molar-refractivity contribution in [2.75, 3.05) is 13.7 Å². The summed E-state index contributed by atoms with van der Waals surface area (Å²) in [4.78, 5) is 42.6. The molecule has 1 atom stereocenters. The molecule has 1 aromatic heterocycles. The van der Waals surface area contributed by atoms with Crippen LogP contribution < -0.4 is 20.9 Å². The molecule has 164 valence electrons. The fourth-order valence-electron chi connectivity index (χ4n) is 3.63. The van der Waals surface area contributed by atoms with Crippen LogP contribution in [-0.2, 0) is 16.1 Å². The Morgan fingerprint density at radius 2 is 1.88 bits per heavy atom. The summed E-state index contributed by atoms with van der Waals surface area (Å²) in [5.74, 6) is 0.0577. The molecular weight excluding hydrogens is 412 g/mol. The minimum Gasteiger partial charge on any atom is -0.497 e. The van der Waals surface area contributed by atoms with E-state index < -0.39 is 18.0 Å². The SMILES string of the molecule is CCOC(=O)C1=C(Cn2cnc3ccccc3c2=O)NC(=O)N[C@H]1c1ccc(OC)cc1. The second-order valence-corrected chi connectivity index (χ2v) is 7.11. The normalized spacial score (nSPS) is 15.8. The van der Waals surface area contributed by atoms with Gasteiger partial charge in [0.2, 0.25) is 0 Å². The maximum atomic E-state index is 12.9. The average Bonchev–Trinajstić information content (AvgIpc) is 2.81. The lowest BCUT2D eigenvalue weighted by atomic mass is 9.95. The van der Waals surface area contributed by atoms with Gasteiger partial charge in [-0.05, 0) is 36.8 Å². The van der Waals surface area contributed by atoms with Crippen LogP contribution in [-0.4, -0.2) is 35.3 Å². The number of nitrogens with zero attached hydrogens (tertiary/aromatic N) is 2. The molecule has 2 N–H and O–H groups in total. The first-order valence-electron chi connectivity index (χ1n) is 10.1. The largest absolute Gasteiger partial charge is 0.497 e. The predicted molar refractivity (Wildman–Crippen MR) is 117 cm³/mol. The second-order valence-electron chi connectivity index (χ2n) is 7.11. The number of esters is 1. The van der Waals surface area contributed by atoms with Crippen molar-refractivity contribution in [3.63, 3.8) is 0 Å². The van der Waals surface area contributed by atoms with Gasteiger partial charge >= 0.3 is 12.0 Å². The summed E-state index contributed by atoms with van der Waals surface area (Å²) < 4.78 is 11.8. The number of benzene rings is 2. The van der Waals surface area contributed by atoms with E-state index in [2.05, 4.69) is 15.6 Å². The van der Waals surface area contributed by atoms with Crippen molar-refractivity contribution in [3.05, 3.63) is 82.0 Å². The first-order chi connectivity index (χ1) is 15.5. The predicted octanol–water partition coefficient (Wildman–Crippen LogP) is 2.28. The van der Waals surface area contributed by atoms with Crippen LogP contribution in [0.3, 0.4) is 0 Å². The topological polar surface area (TPSA) is 112 Å². The number of hydrogen-bond acceptors (Lipinski definition) is 6. The Balaban J connectivity index is 1.81. The van der Waals surface area contributed by atoms with Gasteiger partial charge in [0.05, 0.1) is 54.8 Å². The highest BCUT2D eigenvalue weighted by molar-refractivity contribution is 5.95. The van der Waals surface area contributed by atoms with Gasteiger partial charge in [-0.25, -0.2) is 14.6 Å².